The van der Waals surface area contributed by atoms with Gasteiger partial charge in [-0.1, -0.05) is 41.7 Å². The molecule has 106 valence electrons. The van der Waals surface area contributed by atoms with Crippen molar-refractivity contribution in [2.45, 2.75) is 18.9 Å². The number of hydrogen-bond acceptors (Lipinski definition) is 5. The zero-order valence-electron chi connectivity index (χ0n) is 11.2. The molecular formula is C15H14N4OS. The summed E-state index contributed by atoms with van der Waals surface area (Å²) in [6.07, 6.45) is 5.09. The van der Waals surface area contributed by atoms with E-state index in [1.54, 1.807) is 6.20 Å². The molecule has 0 aliphatic heterocycles. The van der Waals surface area contributed by atoms with E-state index < -0.39 is 0 Å². The molecule has 0 spiro atoms. The molecule has 0 atom stereocenters. The van der Waals surface area contributed by atoms with E-state index in [1.807, 2.05) is 36.5 Å². The van der Waals surface area contributed by atoms with Crippen LogP contribution in [0.2, 0.25) is 0 Å². The highest BCUT2D eigenvalue weighted by Gasteiger charge is 2.34. The van der Waals surface area contributed by atoms with Gasteiger partial charge in [-0.2, -0.15) is 5.26 Å². The number of carbonyl (C=O) groups excluding carboxylic acids is 1. The zero-order chi connectivity index (χ0) is 14.7. The van der Waals surface area contributed by atoms with Gasteiger partial charge in [-0.05, 0) is 18.4 Å². The maximum atomic E-state index is 12.0. The molecule has 2 N–H and O–H groups in total. The molecule has 3 rings (SSSR count). The van der Waals surface area contributed by atoms with Crippen LogP contribution < -0.4 is 10.6 Å². The SMILES string of the molecule is N#CNC1CC(C(=O)Nc2ncc(-c3ccccc3)s2)C1. The van der Waals surface area contributed by atoms with Gasteiger partial charge >= 0.3 is 0 Å². The molecule has 1 aromatic heterocycles. The first-order valence-corrected chi connectivity index (χ1v) is 7.54. The number of rotatable bonds is 4. The number of nitrogens with zero attached hydrogens (tertiary/aromatic N) is 2. The van der Waals surface area contributed by atoms with Crippen LogP contribution in [0.5, 0.6) is 0 Å². The van der Waals surface area contributed by atoms with Crippen molar-refractivity contribution in [3.8, 4) is 16.6 Å². The number of anilines is 1. The fourth-order valence-electron chi connectivity index (χ4n) is 2.32. The lowest BCUT2D eigenvalue weighted by atomic mass is 9.80. The minimum absolute atomic E-state index is 0.0139. The van der Waals surface area contributed by atoms with Crippen LogP contribution >= 0.6 is 11.3 Å². The molecule has 0 bridgehead atoms. The molecule has 1 heterocycles. The van der Waals surface area contributed by atoms with E-state index in [4.69, 9.17) is 5.26 Å². The van der Waals surface area contributed by atoms with Crippen molar-refractivity contribution in [3.63, 3.8) is 0 Å². The Balaban J connectivity index is 1.58. The van der Waals surface area contributed by atoms with Gasteiger partial charge in [-0.25, -0.2) is 4.98 Å². The van der Waals surface area contributed by atoms with Crippen molar-refractivity contribution < 1.29 is 4.79 Å². The molecule has 1 amide bonds. The van der Waals surface area contributed by atoms with E-state index >= 15 is 0 Å². The molecule has 0 radical (unpaired) electrons. The number of amides is 1. The third-order valence-corrected chi connectivity index (χ3v) is 4.53. The molecule has 1 aliphatic carbocycles. The summed E-state index contributed by atoms with van der Waals surface area (Å²) in [7, 11) is 0. The van der Waals surface area contributed by atoms with Gasteiger partial charge in [0.1, 0.15) is 0 Å². The van der Waals surface area contributed by atoms with Crippen molar-refractivity contribution in [1.29, 1.82) is 5.26 Å². The highest BCUT2D eigenvalue weighted by molar-refractivity contribution is 7.19. The standard InChI is InChI=1S/C15H14N4OS/c16-9-18-12-6-11(7-12)14(20)19-15-17-8-13(21-15)10-4-2-1-3-5-10/h1-5,8,11-12,18H,6-7H2,(H,17,19,20). The smallest absolute Gasteiger partial charge is 0.229 e. The molecule has 1 aromatic carbocycles. The van der Waals surface area contributed by atoms with Crippen LogP contribution in [0.15, 0.2) is 36.5 Å². The van der Waals surface area contributed by atoms with Gasteiger partial charge in [-0.3, -0.25) is 4.79 Å². The summed E-state index contributed by atoms with van der Waals surface area (Å²) in [5.41, 5.74) is 1.09. The van der Waals surface area contributed by atoms with Crippen LogP contribution in [0.3, 0.4) is 0 Å². The average Bonchev–Trinajstić information content (AvgIpc) is 2.91. The average molecular weight is 298 g/mol. The fourth-order valence-corrected chi connectivity index (χ4v) is 3.14. The van der Waals surface area contributed by atoms with Crippen molar-refractivity contribution in [3.05, 3.63) is 36.5 Å². The van der Waals surface area contributed by atoms with Crippen LogP contribution in [-0.2, 0) is 4.79 Å². The normalized spacial score (nSPS) is 20.1. The predicted molar refractivity (Wildman–Crippen MR) is 81.4 cm³/mol. The van der Waals surface area contributed by atoms with Gasteiger partial charge in [-0.15, -0.1) is 0 Å². The van der Waals surface area contributed by atoms with Crippen molar-refractivity contribution in [2.24, 2.45) is 5.92 Å². The molecule has 0 unspecified atom stereocenters. The highest BCUT2D eigenvalue weighted by atomic mass is 32.1. The summed E-state index contributed by atoms with van der Waals surface area (Å²) in [6, 6.07) is 10.1. The summed E-state index contributed by atoms with van der Waals surface area (Å²) in [5, 5.41) is 14.6. The summed E-state index contributed by atoms with van der Waals surface area (Å²) >= 11 is 1.47. The third kappa shape index (κ3) is 3.03. The van der Waals surface area contributed by atoms with Crippen molar-refractivity contribution in [1.82, 2.24) is 10.3 Å². The van der Waals surface area contributed by atoms with E-state index in [0.29, 0.717) is 18.0 Å². The lowest BCUT2D eigenvalue weighted by Gasteiger charge is -2.32. The predicted octanol–water partition coefficient (Wildman–Crippen LogP) is 2.60. The molecule has 1 fully saturated rings. The van der Waals surface area contributed by atoms with Crippen LogP contribution in [0, 0.1) is 17.4 Å². The van der Waals surface area contributed by atoms with E-state index in [2.05, 4.69) is 15.6 Å². The van der Waals surface area contributed by atoms with Gasteiger partial charge in [0.15, 0.2) is 11.3 Å². The molecule has 1 aliphatic rings. The number of nitriles is 1. The van der Waals surface area contributed by atoms with E-state index in [9.17, 15) is 4.79 Å². The maximum Gasteiger partial charge on any atom is 0.229 e. The largest absolute Gasteiger partial charge is 0.321 e. The summed E-state index contributed by atoms with van der Waals surface area (Å²) in [4.78, 5) is 17.3. The summed E-state index contributed by atoms with van der Waals surface area (Å²) in [6.45, 7) is 0. The molecule has 2 aromatic rings. The topological polar surface area (TPSA) is 77.8 Å². The molecule has 6 heteroatoms. The Kier molecular flexibility index (Phi) is 3.84. The van der Waals surface area contributed by atoms with E-state index in [-0.39, 0.29) is 17.9 Å². The first-order valence-electron chi connectivity index (χ1n) is 6.73. The van der Waals surface area contributed by atoms with Crippen molar-refractivity contribution in [2.75, 3.05) is 5.32 Å². The number of benzene rings is 1. The second-order valence-corrected chi connectivity index (χ2v) is 6.04. The first-order chi connectivity index (χ1) is 10.3. The second kappa shape index (κ2) is 5.94. The number of aromatic nitrogens is 1. The minimum atomic E-state index is -0.0278. The third-order valence-electron chi connectivity index (χ3n) is 3.57. The van der Waals surface area contributed by atoms with Gasteiger partial charge < -0.3 is 10.6 Å². The molecular weight excluding hydrogens is 284 g/mol. The first kappa shape index (κ1) is 13.6. The minimum Gasteiger partial charge on any atom is -0.321 e. The Bertz CT molecular complexity index is 670. The molecule has 0 saturated heterocycles. The van der Waals surface area contributed by atoms with Crippen LogP contribution in [0.4, 0.5) is 5.13 Å². The van der Waals surface area contributed by atoms with Gasteiger partial charge in [0.25, 0.3) is 0 Å². The summed E-state index contributed by atoms with van der Waals surface area (Å²) in [5.74, 6) is -0.0418. The molecule has 5 nitrogen and oxygen atoms in total. The van der Waals surface area contributed by atoms with Gasteiger partial charge in [0.2, 0.25) is 5.91 Å². The Morgan fingerprint density at radius 3 is 2.81 bits per heavy atom. The maximum absolute atomic E-state index is 12.0. The Hall–Kier alpha value is -2.39. The number of hydrogen-bond donors (Lipinski definition) is 2. The molecule has 21 heavy (non-hydrogen) atoms. The second-order valence-electron chi connectivity index (χ2n) is 5.01. The fraction of sp³-hybridized carbons (Fsp3) is 0.267. The van der Waals surface area contributed by atoms with E-state index in [0.717, 1.165) is 10.4 Å². The molecule has 1 saturated carbocycles. The number of carbonyl (C=O) groups is 1. The summed E-state index contributed by atoms with van der Waals surface area (Å²) < 4.78 is 0. The lowest BCUT2D eigenvalue weighted by Crippen LogP contribution is -2.44. The van der Waals surface area contributed by atoms with Gasteiger partial charge in [0, 0.05) is 18.2 Å². The Morgan fingerprint density at radius 2 is 2.10 bits per heavy atom. The zero-order valence-corrected chi connectivity index (χ0v) is 12.1. The number of thiazole rings is 1. The Morgan fingerprint density at radius 1 is 1.33 bits per heavy atom. The van der Waals surface area contributed by atoms with Crippen molar-refractivity contribution >= 4 is 22.4 Å². The lowest BCUT2D eigenvalue weighted by molar-refractivity contribution is -0.122. The van der Waals surface area contributed by atoms with E-state index in [1.165, 1.54) is 11.3 Å². The van der Waals surface area contributed by atoms with Crippen LogP contribution in [-0.4, -0.2) is 16.9 Å². The van der Waals surface area contributed by atoms with Crippen LogP contribution in [0.1, 0.15) is 12.8 Å². The monoisotopic (exact) mass is 298 g/mol. The number of nitrogens with one attached hydrogen (secondary N) is 2. The Labute approximate surface area is 126 Å². The quantitative estimate of drug-likeness (QED) is 0.672. The van der Waals surface area contributed by atoms with Gasteiger partial charge in [0.05, 0.1) is 4.88 Å². The highest BCUT2D eigenvalue weighted by Crippen LogP contribution is 2.31. The van der Waals surface area contributed by atoms with Crippen LogP contribution in [0.25, 0.3) is 10.4 Å².